The van der Waals surface area contributed by atoms with Gasteiger partial charge in [-0.3, -0.25) is 9.59 Å². The molecule has 1 heterocycles. The van der Waals surface area contributed by atoms with Crippen molar-refractivity contribution in [2.24, 2.45) is 0 Å². The van der Waals surface area contributed by atoms with Crippen LogP contribution in [0.15, 0.2) is 64.0 Å². The lowest BCUT2D eigenvalue weighted by Crippen LogP contribution is -2.19. The van der Waals surface area contributed by atoms with Crippen molar-refractivity contribution in [2.45, 2.75) is 18.7 Å². The molecule has 2 aromatic carbocycles. The van der Waals surface area contributed by atoms with Crippen LogP contribution in [0.3, 0.4) is 0 Å². The normalized spacial score (nSPS) is 10.3. The van der Waals surface area contributed by atoms with E-state index >= 15 is 0 Å². The zero-order chi connectivity index (χ0) is 21.5. The maximum Gasteiger partial charge on any atom is 0.235 e. The number of carbonyl (C=O) groups excluding carboxylic acids is 2. The van der Waals surface area contributed by atoms with Crippen molar-refractivity contribution in [1.82, 2.24) is 5.16 Å². The Morgan fingerprint density at radius 3 is 2.43 bits per heavy atom. The summed E-state index contributed by atoms with van der Waals surface area (Å²) in [7, 11) is 0. The van der Waals surface area contributed by atoms with Crippen molar-refractivity contribution in [3.05, 3.63) is 65.9 Å². The Bertz CT molecular complexity index is 1060. The summed E-state index contributed by atoms with van der Waals surface area (Å²) in [4.78, 5) is 24.3. The summed E-state index contributed by atoms with van der Waals surface area (Å²) >= 11 is 6.75. The van der Waals surface area contributed by atoms with E-state index in [4.69, 9.17) is 16.7 Å². The topological polar surface area (TPSA) is 96.3 Å². The molecule has 0 fully saturated rings. The molecule has 0 aliphatic carbocycles. The number of aromatic nitrogens is 1. The van der Waals surface area contributed by atoms with Crippen LogP contribution in [0.4, 0.5) is 17.2 Å². The molecule has 0 saturated carbocycles. The molecule has 0 aliphatic rings. The summed E-state index contributed by atoms with van der Waals surface area (Å²) in [6.45, 7) is 3.29. The lowest BCUT2D eigenvalue weighted by atomic mass is 10.1. The van der Waals surface area contributed by atoms with Crippen molar-refractivity contribution in [1.29, 1.82) is 0 Å². The summed E-state index contributed by atoms with van der Waals surface area (Å²) in [5.41, 5.74) is 2.22. The van der Waals surface area contributed by atoms with E-state index in [-0.39, 0.29) is 17.4 Å². The van der Waals surface area contributed by atoms with Gasteiger partial charge in [-0.25, -0.2) is 0 Å². The first-order valence-corrected chi connectivity index (χ1v) is 10.4. The summed E-state index contributed by atoms with van der Waals surface area (Å²) in [6.07, 6.45) is 0. The summed E-state index contributed by atoms with van der Waals surface area (Å²) in [5.74, 6) is 1.12. The van der Waals surface area contributed by atoms with Gasteiger partial charge in [0.25, 0.3) is 0 Å². The standard InChI is InChI=1S/C21H20N4O3S2/c1-13-10-19(25-28-13)24-20(27)12-30-18-5-3-4-17(11-18)23-21(29)22-16-8-6-15(7-9-16)14(2)26/h3-11H,12H2,1-2H3,(H2,22,23,29)(H,24,25,27). The predicted molar refractivity (Wildman–Crippen MR) is 123 cm³/mol. The quantitative estimate of drug-likeness (QED) is 0.276. The minimum atomic E-state index is -0.169. The van der Waals surface area contributed by atoms with E-state index < -0.39 is 0 Å². The minimum absolute atomic E-state index is 0.0152. The van der Waals surface area contributed by atoms with E-state index in [1.165, 1.54) is 18.7 Å². The van der Waals surface area contributed by atoms with Gasteiger partial charge in [-0.2, -0.15) is 0 Å². The van der Waals surface area contributed by atoms with Crippen LogP contribution in [0.25, 0.3) is 0 Å². The van der Waals surface area contributed by atoms with Crippen molar-refractivity contribution in [3.63, 3.8) is 0 Å². The zero-order valence-corrected chi connectivity index (χ0v) is 18.0. The highest BCUT2D eigenvalue weighted by molar-refractivity contribution is 8.00. The van der Waals surface area contributed by atoms with E-state index in [1.54, 1.807) is 37.3 Å². The van der Waals surface area contributed by atoms with E-state index in [9.17, 15) is 9.59 Å². The molecule has 0 saturated heterocycles. The highest BCUT2D eigenvalue weighted by Gasteiger charge is 2.08. The van der Waals surface area contributed by atoms with Gasteiger partial charge in [-0.1, -0.05) is 11.2 Å². The van der Waals surface area contributed by atoms with Gasteiger partial charge in [-0.15, -0.1) is 11.8 Å². The Morgan fingerprint density at radius 1 is 1.03 bits per heavy atom. The van der Waals surface area contributed by atoms with Gasteiger partial charge in [0.05, 0.1) is 5.75 Å². The van der Waals surface area contributed by atoms with Crippen molar-refractivity contribution in [3.8, 4) is 0 Å². The van der Waals surface area contributed by atoms with Gasteiger partial charge in [0.15, 0.2) is 16.7 Å². The molecule has 0 unspecified atom stereocenters. The van der Waals surface area contributed by atoms with Crippen LogP contribution in [0.2, 0.25) is 0 Å². The van der Waals surface area contributed by atoms with Crippen LogP contribution in [0, 0.1) is 6.92 Å². The third-order valence-corrected chi connectivity index (χ3v) is 5.10. The smallest absolute Gasteiger partial charge is 0.235 e. The van der Waals surface area contributed by atoms with Crippen LogP contribution in [0.1, 0.15) is 23.0 Å². The summed E-state index contributed by atoms with van der Waals surface area (Å²) < 4.78 is 4.93. The second-order valence-electron chi connectivity index (χ2n) is 6.40. The first-order valence-electron chi connectivity index (χ1n) is 9.04. The monoisotopic (exact) mass is 440 g/mol. The molecule has 0 radical (unpaired) electrons. The molecule has 1 aromatic heterocycles. The molecule has 0 atom stereocenters. The first kappa shape index (κ1) is 21.5. The first-order chi connectivity index (χ1) is 14.4. The number of benzene rings is 2. The molecule has 0 spiro atoms. The third-order valence-electron chi connectivity index (χ3n) is 3.91. The maximum atomic E-state index is 12.0. The molecule has 3 rings (SSSR count). The number of anilines is 3. The molecule has 0 aliphatic heterocycles. The number of rotatable bonds is 7. The second-order valence-corrected chi connectivity index (χ2v) is 7.86. The highest BCUT2D eigenvalue weighted by Crippen LogP contribution is 2.22. The van der Waals surface area contributed by atoms with Gasteiger partial charge in [0, 0.05) is 27.9 Å². The Hall–Kier alpha value is -3.17. The second kappa shape index (κ2) is 10.0. The van der Waals surface area contributed by atoms with Gasteiger partial charge in [0.1, 0.15) is 5.76 Å². The van der Waals surface area contributed by atoms with Gasteiger partial charge in [-0.05, 0) is 68.5 Å². The van der Waals surface area contributed by atoms with Crippen LogP contribution >= 0.6 is 24.0 Å². The molecule has 30 heavy (non-hydrogen) atoms. The molecular weight excluding hydrogens is 420 g/mol. The molecule has 9 heteroatoms. The van der Waals surface area contributed by atoms with E-state index in [1.807, 2.05) is 24.3 Å². The van der Waals surface area contributed by atoms with Crippen molar-refractivity contribution >= 4 is 58.0 Å². The molecule has 3 N–H and O–H groups in total. The SMILES string of the molecule is CC(=O)c1ccc(NC(=S)Nc2cccc(SCC(=O)Nc3cc(C)on3)c2)cc1. The summed E-state index contributed by atoms with van der Waals surface area (Å²) in [6, 6.07) is 16.3. The van der Waals surface area contributed by atoms with Crippen LogP contribution < -0.4 is 16.0 Å². The van der Waals surface area contributed by atoms with Gasteiger partial charge < -0.3 is 20.5 Å². The third kappa shape index (κ3) is 6.43. The lowest BCUT2D eigenvalue weighted by molar-refractivity contribution is -0.113. The maximum absolute atomic E-state index is 12.0. The number of ketones is 1. The Kier molecular flexibility index (Phi) is 7.21. The number of amides is 1. The number of Topliss-reactive ketones (excluding diaryl/α,β-unsaturated/α-hetero) is 1. The minimum Gasteiger partial charge on any atom is -0.360 e. The van der Waals surface area contributed by atoms with Crippen LogP contribution in [-0.2, 0) is 4.79 Å². The molecule has 0 bridgehead atoms. The zero-order valence-electron chi connectivity index (χ0n) is 16.4. The number of carbonyl (C=O) groups is 2. The molecule has 1 amide bonds. The fraction of sp³-hybridized carbons (Fsp3) is 0.143. The lowest BCUT2D eigenvalue weighted by Gasteiger charge is -2.12. The number of nitrogens with zero attached hydrogens (tertiary/aromatic N) is 1. The molecule has 154 valence electrons. The predicted octanol–water partition coefficient (Wildman–Crippen LogP) is 4.73. The van der Waals surface area contributed by atoms with Crippen LogP contribution in [-0.4, -0.2) is 27.7 Å². The van der Waals surface area contributed by atoms with Crippen molar-refractivity contribution < 1.29 is 14.1 Å². The average Bonchev–Trinajstić information content (AvgIpc) is 3.11. The summed E-state index contributed by atoms with van der Waals surface area (Å²) in [5, 5.41) is 13.0. The Morgan fingerprint density at radius 2 is 1.77 bits per heavy atom. The van der Waals surface area contributed by atoms with E-state index in [2.05, 4.69) is 21.1 Å². The van der Waals surface area contributed by atoms with Gasteiger partial charge >= 0.3 is 0 Å². The number of hydrogen-bond acceptors (Lipinski definition) is 6. The highest BCUT2D eigenvalue weighted by atomic mass is 32.2. The molecule has 7 nitrogen and oxygen atoms in total. The van der Waals surface area contributed by atoms with E-state index in [0.717, 1.165) is 16.3 Å². The molecular formula is C21H20N4O3S2. The fourth-order valence-electron chi connectivity index (χ4n) is 2.50. The van der Waals surface area contributed by atoms with E-state index in [0.29, 0.717) is 22.3 Å². The number of thiocarbonyl (C=S) groups is 1. The van der Waals surface area contributed by atoms with Crippen LogP contribution in [0.5, 0.6) is 0 Å². The van der Waals surface area contributed by atoms with Gasteiger partial charge in [0.2, 0.25) is 5.91 Å². The fourth-order valence-corrected chi connectivity index (χ4v) is 3.49. The number of thioether (sulfide) groups is 1. The Balaban J connectivity index is 1.51. The number of nitrogens with one attached hydrogen (secondary N) is 3. The number of aryl methyl sites for hydroxylation is 1. The van der Waals surface area contributed by atoms with Crippen molar-refractivity contribution in [2.75, 3.05) is 21.7 Å². The number of hydrogen-bond donors (Lipinski definition) is 3. The largest absolute Gasteiger partial charge is 0.360 e. The Labute approximate surface area is 183 Å². The average molecular weight is 441 g/mol. The molecule has 3 aromatic rings.